The van der Waals surface area contributed by atoms with Crippen molar-refractivity contribution in [2.45, 2.75) is 78.6 Å². The van der Waals surface area contributed by atoms with Crippen LogP contribution in [0.15, 0.2) is 30.3 Å². The van der Waals surface area contributed by atoms with E-state index in [4.69, 9.17) is 9.47 Å². The number of fused-ring (bicyclic) bond motifs is 1. The maximum atomic E-state index is 6.24. The molecule has 0 aromatic heterocycles. The van der Waals surface area contributed by atoms with Gasteiger partial charge in [-0.25, -0.2) is 0 Å². The summed E-state index contributed by atoms with van der Waals surface area (Å²) in [6.45, 7) is 8.27. The fourth-order valence-corrected chi connectivity index (χ4v) is 3.34. The van der Waals surface area contributed by atoms with Gasteiger partial charge in [0.25, 0.3) is 0 Å². The Bertz CT molecular complexity index is 648. The number of aryl methyl sites for hydroxylation is 1. The Kier molecular flexibility index (Phi) is 9.38. The van der Waals surface area contributed by atoms with E-state index in [9.17, 15) is 0 Å². The number of rotatable bonds is 13. The maximum absolute atomic E-state index is 6.24. The van der Waals surface area contributed by atoms with Crippen LogP contribution in [0, 0.1) is 0 Å². The molecule has 2 heteroatoms. The summed E-state index contributed by atoms with van der Waals surface area (Å²) in [7, 11) is 0. The molecule has 0 amide bonds. The summed E-state index contributed by atoms with van der Waals surface area (Å²) in [4.78, 5) is 0. The van der Waals surface area contributed by atoms with Gasteiger partial charge in [0, 0.05) is 10.8 Å². The quantitative estimate of drug-likeness (QED) is 0.350. The lowest BCUT2D eigenvalue weighted by Crippen LogP contribution is -2.03. The second kappa shape index (κ2) is 11.8. The second-order valence-corrected chi connectivity index (χ2v) is 7.08. The molecule has 0 bridgehead atoms. The maximum Gasteiger partial charge on any atom is 0.130 e. The molecule has 0 unspecified atom stereocenters. The van der Waals surface area contributed by atoms with Crippen molar-refractivity contribution in [1.82, 2.24) is 0 Å². The summed E-state index contributed by atoms with van der Waals surface area (Å²) in [6, 6.07) is 10.7. The van der Waals surface area contributed by atoms with E-state index >= 15 is 0 Å². The Morgan fingerprint density at radius 1 is 0.692 bits per heavy atom. The molecule has 0 N–H and O–H groups in total. The van der Waals surface area contributed by atoms with Crippen LogP contribution >= 0.6 is 0 Å². The third-order valence-electron chi connectivity index (χ3n) is 4.91. The first-order valence-corrected chi connectivity index (χ1v) is 10.6. The first-order chi connectivity index (χ1) is 12.8. The third kappa shape index (κ3) is 5.93. The minimum atomic E-state index is 0.796. The molecule has 0 spiro atoms. The van der Waals surface area contributed by atoms with Crippen molar-refractivity contribution >= 4 is 10.8 Å². The molecule has 0 saturated carbocycles. The molecule has 0 heterocycles. The van der Waals surface area contributed by atoms with E-state index < -0.39 is 0 Å². The third-order valence-corrected chi connectivity index (χ3v) is 4.91. The zero-order valence-corrected chi connectivity index (χ0v) is 17.0. The van der Waals surface area contributed by atoms with Crippen LogP contribution in [0.4, 0.5) is 0 Å². The molecule has 2 rings (SSSR count). The van der Waals surface area contributed by atoms with Gasteiger partial charge in [0.05, 0.1) is 13.2 Å². The van der Waals surface area contributed by atoms with Crippen LogP contribution in [-0.4, -0.2) is 13.2 Å². The van der Waals surface area contributed by atoms with Crippen molar-refractivity contribution in [3.8, 4) is 11.5 Å². The number of ether oxygens (including phenoxy) is 2. The molecule has 0 atom stereocenters. The summed E-state index contributed by atoms with van der Waals surface area (Å²) in [5.41, 5.74) is 1.25. The van der Waals surface area contributed by atoms with E-state index in [1.165, 1.54) is 54.9 Å². The van der Waals surface area contributed by atoms with Crippen molar-refractivity contribution in [3.63, 3.8) is 0 Å². The van der Waals surface area contributed by atoms with Gasteiger partial charge in [-0.05, 0) is 30.9 Å². The highest BCUT2D eigenvalue weighted by atomic mass is 16.5. The van der Waals surface area contributed by atoms with Crippen molar-refractivity contribution in [2.24, 2.45) is 0 Å². The predicted octanol–water partition coefficient (Wildman–Crippen LogP) is 7.32. The van der Waals surface area contributed by atoms with Crippen LogP contribution in [0.2, 0.25) is 0 Å². The zero-order valence-electron chi connectivity index (χ0n) is 17.0. The van der Waals surface area contributed by atoms with Gasteiger partial charge < -0.3 is 9.47 Å². The van der Waals surface area contributed by atoms with Crippen molar-refractivity contribution in [2.75, 3.05) is 13.2 Å². The van der Waals surface area contributed by atoms with Crippen LogP contribution < -0.4 is 9.47 Å². The lowest BCUT2D eigenvalue weighted by Gasteiger charge is -2.17. The largest absolute Gasteiger partial charge is 0.493 e. The van der Waals surface area contributed by atoms with Crippen LogP contribution in [0.5, 0.6) is 11.5 Å². The lowest BCUT2D eigenvalue weighted by molar-refractivity contribution is 0.299. The van der Waals surface area contributed by atoms with Crippen molar-refractivity contribution in [1.29, 1.82) is 0 Å². The van der Waals surface area contributed by atoms with Gasteiger partial charge in [-0.3, -0.25) is 0 Å². The second-order valence-electron chi connectivity index (χ2n) is 7.08. The molecule has 2 aromatic carbocycles. The highest BCUT2D eigenvalue weighted by Crippen LogP contribution is 2.37. The van der Waals surface area contributed by atoms with Gasteiger partial charge >= 0.3 is 0 Å². The molecular formula is C24H36O2. The van der Waals surface area contributed by atoms with E-state index in [0.29, 0.717) is 0 Å². The van der Waals surface area contributed by atoms with Crippen LogP contribution in [0.25, 0.3) is 10.8 Å². The Morgan fingerprint density at radius 2 is 1.31 bits per heavy atom. The first-order valence-electron chi connectivity index (χ1n) is 10.6. The Labute approximate surface area is 159 Å². The van der Waals surface area contributed by atoms with Crippen LogP contribution in [0.3, 0.4) is 0 Å². The van der Waals surface area contributed by atoms with Crippen molar-refractivity contribution in [3.05, 3.63) is 35.9 Å². The Balaban J connectivity index is 2.14. The van der Waals surface area contributed by atoms with Crippen LogP contribution in [0.1, 0.15) is 77.7 Å². The average Bonchev–Trinajstić information content (AvgIpc) is 2.68. The van der Waals surface area contributed by atoms with Gasteiger partial charge in [-0.15, -0.1) is 0 Å². The van der Waals surface area contributed by atoms with E-state index in [1.807, 2.05) is 0 Å². The summed E-state index contributed by atoms with van der Waals surface area (Å²) in [6.07, 6.45) is 10.8. The van der Waals surface area contributed by atoms with E-state index in [1.54, 1.807) is 0 Å². The predicted molar refractivity (Wildman–Crippen MR) is 113 cm³/mol. The molecular weight excluding hydrogens is 320 g/mol. The number of benzene rings is 2. The molecule has 0 fully saturated rings. The van der Waals surface area contributed by atoms with Gasteiger partial charge in [-0.2, -0.15) is 0 Å². The summed E-state index contributed by atoms with van der Waals surface area (Å²) >= 11 is 0. The summed E-state index contributed by atoms with van der Waals surface area (Å²) < 4.78 is 12.4. The van der Waals surface area contributed by atoms with Crippen molar-refractivity contribution < 1.29 is 9.47 Å². The van der Waals surface area contributed by atoms with E-state index in [0.717, 1.165) is 44.0 Å². The van der Waals surface area contributed by atoms with Gasteiger partial charge in [0.15, 0.2) is 0 Å². The fourth-order valence-electron chi connectivity index (χ4n) is 3.34. The molecule has 26 heavy (non-hydrogen) atoms. The fraction of sp³-hybridized carbons (Fsp3) is 0.583. The smallest absolute Gasteiger partial charge is 0.130 e. The molecule has 2 nitrogen and oxygen atoms in total. The normalized spacial score (nSPS) is 11.0. The monoisotopic (exact) mass is 356 g/mol. The highest BCUT2D eigenvalue weighted by molar-refractivity contribution is 5.94. The zero-order chi connectivity index (χ0) is 18.6. The number of hydrogen-bond donors (Lipinski definition) is 0. The summed E-state index contributed by atoms with van der Waals surface area (Å²) in [5.74, 6) is 2.06. The molecule has 0 aliphatic heterocycles. The van der Waals surface area contributed by atoms with Gasteiger partial charge in [-0.1, -0.05) is 83.6 Å². The molecule has 0 aliphatic rings. The number of hydrogen-bond acceptors (Lipinski definition) is 2. The lowest BCUT2D eigenvalue weighted by atomic mass is 10.0. The summed E-state index contributed by atoms with van der Waals surface area (Å²) in [5, 5.41) is 2.36. The Hall–Kier alpha value is -1.70. The molecule has 2 aromatic rings. The highest BCUT2D eigenvalue weighted by Gasteiger charge is 2.13. The minimum absolute atomic E-state index is 0.796. The SMILES string of the molecule is CCCCCCOc1cc(CC)c(OCCCCCC)c2ccccc12. The molecule has 0 aliphatic carbocycles. The molecule has 0 saturated heterocycles. The average molecular weight is 357 g/mol. The van der Waals surface area contributed by atoms with E-state index in [-0.39, 0.29) is 0 Å². The molecule has 144 valence electrons. The van der Waals surface area contributed by atoms with Gasteiger partial charge in [0.1, 0.15) is 11.5 Å². The van der Waals surface area contributed by atoms with Gasteiger partial charge in [0.2, 0.25) is 0 Å². The topological polar surface area (TPSA) is 18.5 Å². The number of unbranched alkanes of at least 4 members (excludes halogenated alkanes) is 6. The minimum Gasteiger partial charge on any atom is -0.493 e. The Morgan fingerprint density at radius 3 is 1.92 bits per heavy atom. The van der Waals surface area contributed by atoms with Crippen LogP contribution in [-0.2, 0) is 6.42 Å². The van der Waals surface area contributed by atoms with E-state index in [2.05, 4.69) is 51.1 Å². The molecule has 0 radical (unpaired) electrons. The standard InChI is InChI=1S/C24H36O2/c1-4-7-9-13-17-25-23-19-20(6-3)24(26-18-14-10-8-5-2)22-16-12-11-15-21(22)23/h11-12,15-16,19H,4-10,13-14,17-18H2,1-3H3. The first kappa shape index (κ1) is 20.6.